The maximum atomic E-state index is 11.9. The summed E-state index contributed by atoms with van der Waals surface area (Å²) >= 11 is 0. The third-order valence-electron chi connectivity index (χ3n) is 2.77. The summed E-state index contributed by atoms with van der Waals surface area (Å²) in [5, 5.41) is 2.85. The quantitative estimate of drug-likeness (QED) is 0.714. The Kier molecular flexibility index (Phi) is 6.14. The third-order valence-corrected chi connectivity index (χ3v) is 2.77. The lowest BCUT2D eigenvalue weighted by molar-refractivity contribution is 0.0948. The van der Waals surface area contributed by atoms with Crippen LogP contribution < -0.4 is 15.8 Å². The number of amides is 1. The number of nitrogens with one attached hydrogen (secondary N) is 1. The van der Waals surface area contributed by atoms with Crippen molar-refractivity contribution in [3.8, 4) is 5.88 Å². The lowest BCUT2D eigenvalue weighted by atomic mass is 10.1. The Balaban J connectivity index is 2.41. The van der Waals surface area contributed by atoms with Gasteiger partial charge in [0.05, 0.1) is 7.11 Å². The van der Waals surface area contributed by atoms with Crippen molar-refractivity contribution in [2.45, 2.75) is 19.8 Å². The Morgan fingerprint density at radius 1 is 1.61 bits per heavy atom. The van der Waals surface area contributed by atoms with E-state index in [2.05, 4.69) is 17.2 Å². The van der Waals surface area contributed by atoms with E-state index in [1.54, 1.807) is 18.3 Å². The average molecular weight is 251 g/mol. The summed E-state index contributed by atoms with van der Waals surface area (Å²) in [4.78, 5) is 15.9. The second kappa shape index (κ2) is 7.66. The zero-order valence-corrected chi connectivity index (χ0v) is 11.0. The molecule has 0 spiro atoms. The molecule has 1 amide bonds. The maximum absolute atomic E-state index is 11.9. The highest BCUT2D eigenvalue weighted by atomic mass is 16.5. The molecule has 18 heavy (non-hydrogen) atoms. The van der Waals surface area contributed by atoms with Crippen LogP contribution in [-0.2, 0) is 0 Å². The van der Waals surface area contributed by atoms with Crippen LogP contribution in [0.4, 0.5) is 0 Å². The fourth-order valence-electron chi connectivity index (χ4n) is 1.59. The molecule has 5 nitrogen and oxygen atoms in total. The minimum Gasteiger partial charge on any atom is -0.480 e. The Morgan fingerprint density at radius 3 is 3.06 bits per heavy atom. The molecule has 0 aliphatic rings. The molecular weight excluding hydrogens is 230 g/mol. The van der Waals surface area contributed by atoms with E-state index in [-0.39, 0.29) is 5.91 Å². The summed E-state index contributed by atoms with van der Waals surface area (Å²) in [6.07, 6.45) is 3.53. The molecule has 0 saturated heterocycles. The van der Waals surface area contributed by atoms with Crippen LogP contribution in [-0.4, -0.2) is 31.1 Å². The molecule has 5 heteroatoms. The van der Waals surface area contributed by atoms with Gasteiger partial charge in [0.15, 0.2) is 0 Å². The molecule has 1 rings (SSSR count). The van der Waals surface area contributed by atoms with Gasteiger partial charge in [0, 0.05) is 12.7 Å². The minimum atomic E-state index is -0.152. The Labute approximate surface area is 108 Å². The second-order valence-corrected chi connectivity index (χ2v) is 4.30. The Bertz CT molecular complexity index is 382. The number of carbonyl (C=O) groups is 1. The van der Waals surface area contributed by atoms with Gasteiger partial charge in [-0.1, -0.05) is 6.92 Å². The summed E-state index contributed by atoms with van der Waals surface area (Å²) in [7, 11) is 1.50. The molecule has 0 fully saturated rings. The van der Waals surface area contributed by atoms with E-state index in [1.165, 1.54) is 7.11 Å². The molecule has 1 heterocycles. The molecule has 1 unspecified atom stereocenters. The van der Waals surface area contributed by atoms with Crippen molar-refractivity contribution in [2.75, 3.05) is 20.2 Å². The van der Waals surface area contributed by atoms with Crippen LogP contribution >= 0.6 is 0 Å². The smallest absolute Gasteiger partial charge is 0.256 e. The molecule has 0 aliphatic carbocycles. The predicted molar refractivity (Wildman–Crippen MR) is 70.6 cm³/mol. The lowest BCUT2D eigenvalue weighted by Crippen LogP contribution is -2.25. The maximum Gasteiger partial charge on any atom is 0.256 e. The van der Waals surface area contributed by atoms with Crippen molar-refractivity contribution in [2.24, 2.45) is 11.7 Å². The second-order valence-electron chi connectivity index (χ2n) is 4.30. The number of pyridine rings is 1. The fourth-order valence-corrected chi connectivity index (χ4v) is 1.59. The van der Waals surface area contributed by atoms with E-state index in [4.69, 9.17) is 10.5 Å². The predicted octanol–water partition coefficient (Wildman–Crippen LogP) is 1.19. The number of hydrogen-bond acceptors (Lipinski definition) is 4. The summed E-state index contributed by atoms with van der Waals surface area (Å²) in [6.45, 7) is 3.43. The zero-order valence-electron chi connectivity index (χ0n) is 11.0. The lowest BCUT2D eigenvalue weighted by Gasteiger charge is -2.10. The highest BCUT2D eigenvalue weighted by molar-refractivity contribution is 5.96. The molecule has 1 atom stereocenters. The number of aromatic nitrogens is 1. The fraction of sp³-hybridized carbons (Fsp3) is 0.538. The van der Waals surface area contributed by atoms with E-state index >= 15 is 0 Å². The van der Waals surface area contributed by atoms with Gasteiger partial charge in [-0.2, -0.15) is 0 Å². The van der Waals surface area contributed by atoms with E-state index in [1.807, 2.05) is 0 Å². The number of rotatable bonds is 7. The van der Waals surface area contributed by atoms with Crippen LogP contribution in [0.5, 0.6) is 5.88 Å². The molecule has 1 aromatic heterocycles. The van der Waals surface area contributed by atoms with Gasteiger partial charge in [-0.3, -0.25) is 4.79 Å². The summed E-state index contributed by atoms with van der Waals surface area (Å²) in [5.74, 6) is 0.695. The first kappa shape index (κ1) is 14.4. The van der Waals surface area contributed by atoms with E-state index in [0.717, 1.165) is 12.8 Å². The molecule has 0 saturated carbocycles. The number of methoxy groups -OCH3 is 1. The molecule has 100 valence electrons. The zero-order chi connectivity index (χ0) is 13.4. The van der Waals surface area contributed by atoms with Gasteiger partial charge in [-0.15, -0.1) is 0 Å². The SMILES string of the molecule is COc1ncccc1C(=O)NCCCC(C)CN. The van der Waals surface area contributed by atoms with Gasteiger partial charge >= 0.3 is 0 Å². The van der Waals surface area contributed by atoms with Crippen LogP contribution in [0.2, 0.25) is 0 Å². The topological polar surface area (TPSA) is 77.2 Å². The van der Waals surface area contributed by atoms with Gasteiger partial charge in [0.25, 0.3) is 5.91 Å². The first-order valence-electron chi connectivity index (χ1n) is 6.16. The molecule has 0 aromatic carbocycles. The summed E-state index contributed by atoms with van der Waals surface area (Å²) < 4.78 is 5.04. The van der Waals surface area contributed by atoms with Crippen molar-refractivity contribution in [3.05, 3.63) is 23.9 Å². The van der Waals surface area contributed by atoms with Gasteiger partial charge in [-0.05, 0) is 37.4 Å². The standard InChI is InChI=1S/C13H21N3O2/c1-10(9-14)5-3-7-15-12(17)11-6-4-8-16-13(11)18-2/h4,6,8,10H,3,5,7,9,14H2,1-2H3,(H,15,17). The first-order chi connectivity index (χ1) is 8.69. The number of carbonyl (C=O) groups excluding carboxylic acids is 1. The minimum absolute atomic E-state index is 0.152. The van der Waals surface area contributed by atoms with E-state index in [9.17, 15) is 4.79 Å². The molecule has 0 radical (unpaired) electrons. The molecule has 1 aromatic rings. The monoisotopic (exact) mass is 251 g/mol. The third kappa shape index (κ3) is 4.33. The molecular formula is C13H21N3O2. The van der Waals surface area contributed by atoms with Crippen LogP contribution in [0.3, 0.4) is 0 Å². The molecule has 3 N–H and O–H groups in total. The van der Waals surface area contributed by atoms with Crippen LogP contribution in [0.15, 0.2) is 18.3 Å². The van der Waals surface area contributed by atoms with Crippen molar-refractivity contribution >= 4 is 5.91 Å². The van der Waals surface area contributed by atoms with Crippen LogP contribution in [0.25, 0.3) is 0 Å². The summed E-state index contributed by atoms with van der Waals surface area (Å²) in [6, 6.07) is 3.41. The van der Waals surface area contributed by atoms with Crippen molar-refractivity contribution < 1.29 is 9.53 Å². The largest absolute Gasteiger partial charge is 0.480 e. The van der Waals surface area contributed by atoms with Gasteiger partial charge < -0.3 is 15.8 Å². The van der Waals surface area contributed by atoms with Gasteiger partial charge in [-0.25, -0.2) is 4.98 Å². The van der Waals surface area contributed by atoms with Crippen LogP contribution in [0.1, 0.15) is 30.1 Å². The normalized spacial score (nSPS) is 11.9. The number of nitrogens with two attached hydrogens (primary N) is 1. The van der Waals surface area contributed by atoms with E-state index in [0.29, 0.717) is 30.5 Å². The number of nitrogens with zero attached hydrogens (tertiary/aromatic N) is 1. The molecule has 0 aliphatic heterocycles. The highest BCUT2D eigenvalue weighted by Crippen LogP contribution is 2.13. The van der Waals surface area contributed by atoms with Crippen molar-refractivity contribution in [1.82, 2.24) is 10.3 Å². The number of ether oxygens (including phenoxy) is 1. The first-order valence-corrected chi connectivity index (χ1v) is 6.16. The Hall–Kier alpha value is -1.62. The summed E-state index contributed by atoms with van der Waals surface area (Å²) in [5.41, 5.74) is 6.00. The van der Waals surface area contributed by atoms with E-state index < -0.39 is 0 Å². The van der Waals surface area contributed by atoms with Crippen molar-refractivity contribution in [1.29, 1.82) is 0 Å². The highest BCUT2D eigenvalue weighted by Gasteiger charge is 2.11. The van der Waals surface area contributed by atoms with Crippen LogP contribution in [0, 0.1) is 5.92 Å². The van der Waals surface area contributed by atoms with Crippen molar-refractivity contribution in [3.63, 3.8) is 0 Å². The Morgan fingerprint density at radius 2 is 2.39 bits per heavy atom. The van der Waals surface area contributed by atoms with Gasteiger partial charge in [0.1, 0.15) is 5.56 Å². The number of hydrogen-bond donors (Lipinski definition) is 2. The molecule has 0 bridgehead atoms. The average Bonchev–Trinajstić information content (AvgIpc) is 2.42. The van der Waals surface area contributed by atoms with Gasteiger partial charge in [0.2, 0.25) is 5.88 Å².